The third kappa shape index (κ3) is 3.28. The fourth-order valence-electron chi connectivity index (χ4n) is 6.57. The van der Waals surface area contributed by atoms with Crippen molar-refractivity contribution in [3.05, 3.63) is 42.0 Å². The van der Waals surface area contributed by atoms with Gasteiger partial charge < -0.3 is 9.90 Å². The molecule has 0 saturated heterocycles. The average molecular weight is 413 g/mol. The van der Waals surface area contributed by atoms with Gasteiger partial charge in [-0.3, -0.25) is 4.79 Å². The van der Waals surface area contributed by atoms with Crippen LogP contribution < -0.4 is 0 Å². The third-order valence-electron chi connectivity index (χ3n) is 8.26. The molecule has 1 aromatic carbocycles. The molecule has 3 aliphatic carbocycles. The van der Waals surface area contributed by atoms with Crippen molar-refractivity contribution in [2.75, 3.05) is 0 Å². The van der Waals surface area contributed by atoms with Gasteiger partial charge in [-0.15, -0.1) is 11.8 Å². The number of hydrogen-bond acceptors (Lipinski definition) is 3. The molecule has 0 aliphatic heterocycles. The van der Waals surface area contributed by atoms with Crippen molar-refractivity contribution in [3.63, 3.8) is 0 Å². The van der Waals surface area contributed by atoms with E-state index in [1.165, 1.54) is 10.5 Å². The smallest absolute Gasteiger partial charge is 0.309 e. The van der Waals surface area contributed by atoms with E-state index in [9.17, 15) is 14.7 Å². The van der Waals surface area contributed by atoms with Crippen molar-refractivity contribution in [2.24, 2.45) is 28.1 Å². The minimum absolute atomic E-state index is 0.0754. The van der Waals surface area contributed by atoms with E-state index in [4.69, 9.17) is 0 Å². The molecular formula is C25H32O3S. The first-order chi connectivity index (χ1) is 13.7. The number of benzene rings is 1. The lowest BCUT2D eigenvalue weighted by molar-refractivity contribution is -0.160. The molecule has 0 bridgehead atoms. The van der Waals surface area contributed by atoms with E-state index in [0.717, 1.165) is 44.8 Å². The molecule has 0 radical (unpaired) electrons. The number of aldehydes is 1. The SMILES string of the molecule is C[C@@]1(C(=O)O)CCC[C@@]2(C)C3=C[C@H](Sc4ccccc4)[C@](C)(C=O)C[C@H]3CC[C@H]12. The Labute approximate surface area is 178 Å². The molecule has 0 unspecified atom stereocenters. The van der Waals surface area contributed by atoms with Gasteiger partial charge in [0.15, 0.2) is 0 Å². The van der Waals surface area contributed by atoms with Gasteiger partial charge in [0.25, 0.3) is 0 Å². The van der Waals surface area contributed by atoms with Crippen LogP contribution in [0.2, 0.25) is 0 Å². The molecule has 0 spiro atoms. The summed E-state index contributed by atoms with van der Waals surface area (Å²) in [5.74, 6) is -0.0712. The van der Waals surface area contributed by atoms with E-state index in [-0.39, 0.29) is 22.0 Å². The summed E-state index contributed by atoms with van der Waals surface area (Å²) in [5.41, 5.74) is 0.330. The lowest BCUT2D eigenvalue weighted by Crippen LogP contribution is -2.54. The summed E-state index contributed by atoms with van der Waals surface area (Å²) in [6.07, 6.45) is 9.16. The number of carboxylic acids is 1. The van der Waals surface area contributed by atoms with Crippen LogP contribution in [-0.4, -0.2) is 22.6 Å². The Morgan fingerprint density at radius 2 is 1.86 bits per heavy atom. The van der Waals surface area contributed by atoms with Gasteiger partial charge in [-0.1, -0.05) is 50.1 Å². The molecule has 4 rings (SSSR count). The van der Waals surface area contributed by atoms with Gasteiger partial charge in [0.2, 0.25) is 0 Å². The van der Waals surface area contributed by atoms with E-state index in [0.29, 0.717) is 5.92 Å². The van der Waals surface area contributed by atoms with Crippen LogP contribution in [0.1, 0.15) is 59.3 Å². The van der Waals surface area contributed by atoms with Crippen LogP contribution >= 0.6 is 11.8 Å². The van der Waals surface area contributed by atoms with Gasteiger partial charge >= 0.3 is 5.97 Å². The van der Waals surface area contributed by atoms with Crippen LogP contribution in [0.15, 0.2) is 46.9 Å². The number of allylic oxidation sites excluding steroid dienone is 1. The largest absolute Gasteiger partial charge is 0.481 e. The highest BCUT2D eigenvalue weighted by molar-refractivity contribution is 8.00. The molecule has 1 aromatic rings. The number of carboxylic acid groups (broad SMARTS) is 1. The molecule has 0 heterocycles. The molecule has 0 amide bonds. The normalized spacial score (nSPS) is 41.6. The van der Waals surface area contributed by atoms with Gasteiger partial charge in [0, 0.05) is 15.6 Å². The molecule has 2 fully saturated rings. The minimum atomic E-state index is -0.647. The van der Waals surface area contributed by atoms with Crippen molar-refractivity contribution in [1.29, 1.82) is 0 Å². The monoisotopic (exact) mass is 412 g/mol. The number of aliphatic carboxylic acids is 1. The van der Waals surface area contributed by atoms with Crippen LogP contribution in [-0.2, 0) is 9.59 Å². The van der Waals surface area contributed by atoms with Gasteiger partial charge in [-0.2, -0.15) is 0 Å². The predicted octanol–water partition coefficient (Wildman–Crippen LogP) is 5.99. The second-order valence-electron chi connectivity index (χ2n) is 10.1. The topological polar surface area (TPSA) is 54.4 Å². The van der Waals surface area contributed by atoms with E-state index >= 15 is 0 Å². The first-order valence-electron chi connectivity index (χ1n) is 10.9. The van der Waals surface area contributed by atoms with Crippen molar-refractivity contribution >= 4 is 24.0 Å². The Bertz CT molecular complexity index is 834. The number of hydrogen-bond donors (Lipinski definition) is 1. The van der Waals surface area contributed by atoms with E-state index in [2.05, 4.69) is 32.1 Å². The third-order valence-corrected chi connectivity index (χ3v) is 9.74. The number of fused-ring (bicyclic) bond motifs is 3. The number of thioether (sulfide) groups is 1. The van der Waals surface area contributed by atoms with Gasteiger partial charge in [0.1, 0.15) is 6.29 Å². The number of carbonyl (C=O) groups excluding carboxylic acids is 1. The highest BCUT2D eigenvalue weighted by Gasteiger charge is 2.58. The second kappa shape index (κ2) is 7.30. The summed E-state index contributed by atoms with van der Waals surface area (Å²) in [5, 5.41) is 10.1. The summed E-state index contributed by atoms with van der Waals surface area (Å²) in [6.45, 7) is 6.38. The first kappa shape index (κ1) is 20.7. The van der Waals surface area contributed by atoms with E-state index < -0.39 is 11.4 Å². The molecule has 1 N–H and O–H groups in total. The summed E-state index contributed by atoms with van der Waals surface area (Å²) in [6, 6.07) is 10.3. The summed E-state index contributed by atoms with van der Waals surface area (Å²) in [4.78, 5) is 25.6. The maximum atomic E-state index is 12.2. The quantitative estimate of drug-likeness (QED) is 0.487. The van der Waals surface area contributed by atoms with Gasteiger partial charge in [0.05, 0.1) is 5.41 Å². The molecule has 6 atom stereocenters. The van der Waals surface area contributed by atoms with Crippen LogP contribution in [0.3, 0.4) is 0 Å². The Morgan fingerprint density at radius 3 is 2.52 bits per heavy atom. The predicted molar refractivity (Wildman–Crippen MR) is 117 cm³/mol. The Morgan fingerprint density at radius 1 is 1.14 bits per heavy atom. The molecule has 0 aromatic heterocycles. The standard InChI is InChI=1S/C25H32O3S/c1-23(16-26)15-17-10-11-20-24(2,12-7-13-25(20,3)22(27)28)19(17)14-21(23)29-18-8-5-4-6-9-18/h4-6,8-9,14,16-17,20-21H,7,10-13,15H2,1-3H3,(H,27,28)/t17-,20+,21+,23+,24+,25-/m1/s1. The maximum absolute atomic E-state index is 12.2. The highest BCUT2D eigenvalue weighted by atomic mass is 32.2. The van der Waals surface area contributed by atoms with E-state index in [1.807, 2.05) is 25.1 Å². The number of carbonyl (C=O) groups is 2. The van der Waals surface area contributed by atoms with Crippen LogP contribution in [0, 0.1) is 28.1 Å². The van der Waals surface area contributed by atoms with Crippen LogP contribution in [0.5, 0.6) is 0 Å². The molecule has 4 heteroatoms. The van der Waals surface area contributed by atoms with Crippen molar-refractivity contribution in [2.45, 2.75) is 69.4 Å². The summed E-state index contributed by atoms with van der Waals surface area (Å²) < 4.78 is 0. The Kier molecular flexibility index (Phi) is 5.21. The average Bonchev–Trinajstić information content (AvgIpc) is 2.69. The molecule has 29 heavy (non-hydrogen) atoms. The van der Waals surface area contributed by atoms with Crippen molar-refractivity contribution in [1.82, 2.24) is 0 Å². The molecule has 2 saturated carbocycles. The van der Waals surface area contributed by atoms with Crippen LogP contribution in [0.4, 0.5) is 0 Å². The molecule has 3 nitrogen and oxygen atoms in total. The maximum Gasteiger partial charge on any atom is 0.309 e. The zero-order valence-corrected chi connectivity index (χ0v) is 18.5. The first-order valence-corrected chi connectivity index (χ1v) is 11.7. The Hall–Kier alpha value is -1.55. The van der Waals surface area contributed by atoms with Crippen molar-refractivity contribution in [3.8, 4) is 0 Å². The summed E-state index contributed by atoms with van der Waals surface area (Å²) >= 11 is 1.77. The molecular weight excluding hydrogens is 380 g/mol. The number of rotatable bonds is 4. The van der Waals surface area contributed by atoms with Crippen LogP contribution in [0.25, 0.3) is 0 Å². The molecule has 156 valence electrons. The summed E-state index contributed by atoms with van der Waals surface area (Å²) in [7, 11) is 0. The zero-order chi connectivity index (χ0) is 20.9. The second-order valence-corrected chi connectivity index (χ2v) is 11.3. The Balaban J connectivity index is 1.75. The highest BCUT2D eigenvalue weighted by Crippen LogP contribution is 2.64. The van der Waals surface area contributed by atoms with Gasteiger partial charge in [-0.05, 0) is 68.4 Å². The van der Waals surface area contributed by atoms with Crippen molar-refractivity contribution < 1.29 is 14.7 Å². The lowest BCUT2D eigenvalue weighted by Gasteiger charge is -2.58. The zero-order valence-electron chi connectivity index (χ0n) is 17.7. The van der Waals surface area contributed by atoms with Gasteiger partial charge in [-0.25, -0.2) is 0 Å². The molecule has 3 aliphatic rings. The fraction of sp³-hybridized carbons (Fsp3) is 0.600. The van der Waals surface area contributed by atoms with E-state index in [1.54, 1.807) is 11.8 Å². The fourth-order valence-corrected chi connectivity index (χ4v) is 7.81. The lowest BCUT2D eigenvalue weighted by atomic mass is 9.46. The minimum Gasteiger partial charge on any atom is -0.481 e.